The number of nitrogens with zero attached hydrogens (tertiary/aromatic N) is 1. The molecule has 0 radical (unpaired) electrons. The lowest BCUT2D eigenvalue weighted by Crippen LogP contribution is -2.45. The Kier molecular flexibility index (Phi) is 5.09. The van der Waals surface area contributed by atoms with Crippen molar-refractivity contribution >= 4 is 5.97 Å². The van der Waals surface area contributed by atoms with E-state index in [1.807, 2.05) is 6.92 Å². The van der Waals surface area contributed by atoms with Crippen molar-refractivity contribution in [3.05, 3.63) is 0 Å². The van der Waals surface area contributed by atoms with E-state index in [-0.39, 0.29) is 6.04 Å². The van der Waals surface area contributed by atoms with Gasteiger partial charge in [-0.2, -0.15) is 0 Å². The molecule has 15 heavy (non-hydrogen) atoms. The van der Waals surface area contributed by atoms with Crippen LogP contribution in [0.1, 0.15) is 46.0 Å². The van der Waals surface area contributed by atoms with Crippen LogP contribution in [-0.2, 0) is 4.79 Å². The predicted molar refractivity (Wildman–Crippen MR) is 60.9 cm³/mol. The van der Waals surface area contributed by atoms with E-state index in [4.69, 9.17) is 5.11 Å². The van der Waals surface area contributed by atoms with Crippen molar-refractivity contribution in [2.24, 2.45) is 5.92 Å². The molecule has 1 aliphatic rings. The molecule has 1 rings (SSSR count). The van der Waals surface area contributed by atoms with E-state index in [1.165, 1.54) is 25.7 Å². The molecule has 1 aliphatic heterocycles. The highest BCUT2D eigenvalue weighted by Crippen LogP contribution is 2.23. The first kappa shape index (κ1) is 12.5. The molecule has 0 aromatic carbocycles. The second-order valence-electron chi connectivity index (χ2n) is 4.53. The predicted octanol–water partition coefficient (Wildman–Crippen LogP) is 2.36. The fourth-order valence-corrected chi connectivity index (χ4v) is 2.55. The summed E-state index contributed by atoms with van der Waals surface area (Å²) in [6.45, 7) is 6.11. The van der Waals surface area contributed by atoms with Crippen LogP contribution < -0.4 is 0 Å². The van der Waals surface area contributed by atoms with Crippen molar-refractivity contribution < 1.29 is 9.90 Å². The summed E-state index contributed by atoms with van der Waals surface area (Å²) in [5.74, 6) is 0.170. The second-order valence-corrected chi connectivity index (χ2v) is 4.53. The average Bonchev–Trinajstić information content (AvgIpc) is 2.21. The van der Waals surface area contributed by atoms with Crippen LogP contribution in [-0.4, -0.2) is 35.1 Å². The number of carboxylic acids is 1. The molecule has 3 nitrogen and oxygen atoms in total. The van der Waals surface area contributed by atoms with Crippen molar-refractivity contribution in [1.29, 1.82) is 0 Å². The van der Waals surface area contributed by atoms with Gasteiger partial charge in [-0.05, 0) is 38.3 Å². The van der Waals surface area contributed by atoms with Gasteiger partial charge in [-0.25, -0.2) is 0 Å². The number of carboxylic acid groups (broad SMARTS) is 1. The molecule has 88 valence electrons. The maximum atomic E-state index is 11.0. The fraction of sp³-hybridized carbons (Fsp3) is 0.917. The van der Waals surface area contributed by atoms with Gasteiger partial charge in [0.25, 0.3) is 0 Å². The minimum Gasteiger partial charge on any atom is -0.480 e. The van der Waals surface area contributed by atoms with Crippen LogP contribution in [0.25, 0.3) is 0 Å². The van der Waals surface area contributed by atoms with E-state index in [9.17, 15) is 4.79 Å². The largest absolute Gasteiger partial charge is 0.480 e. The molecule has 0 amide bonds. The van der Waals surface area contributed by atoms with E-state index >= 15 is 0 Å². The molecule has 1 atom stereocenters. The molecule has 0 aromatic rings. The van der Waals surface area contributed by atoms with E-state index in [0.717, 1.165) is 19.0 Å². The first-order valence-corrected chi connectivity index (χ1v) is 6.15. The van der Waals surface area contributed by atoms with Gasteiger partial charge in [0.2, 0.25) is 0 Å². The Morgan fingerprint density at radius 1 is 1.40 bits per heavy atom. The van der Waals surface area contributed by atoms with Gasteiger partial charge < -0.3 is 5.11 Å². The zero-order valence-electron chi connectivity index (χ0n) is 9.91. The van der Waals surface area contributed by atoms with Crippen molar-refractivity contribution in [2.45, 2.75) is 52.0 Å². The summed E-state index contributed by atoms with van der Waals surface area (Å²) in [7, 11) is 0. The average molecular weight is 213 g/mol. The van der Waals surface area contributed by atoms with Crippen molar-refractivity contribution in [3.8, 4) is 0 Å². The molecule has 0 saturated carbocycles. The Labute approximate surface area is 92.5 Å². The first-order valence-electron chi connectivity index (χ1n) is 6.15. The third-order valence-electron chi connectivity index (χ3n) is 3.46. The van der Waals surface area contributed by atoms with Crippen LogP contribution in [0.2, 0.25) is 0 Å². The summed E-state index contributed by atoms with van der Waals surface area (Å²) < 4.78 is 0. The standard InChI is InChI=1S/C12H23NO2/c1-3-5-10-6-8-13(9-7-10)11(4-2)12(14)15/h10-11H,3-9H2,1-2H3,(H,14,15). The van der Waals surface area contributed by atoms with Crippen LogP contribution >= 0.6 is 0 Å². The molecule has 1 fully saturated rings. The molecular weight excluding hydrogens is 190 g/mol. The molecule has 0 aromatic heterocycles. The summed E-state index contributed by atoms with van der Waals surface area (Å²) >= 11 is 0. The fourth-order valence-electron chi connectivity index (χ4n) is 2.55. The number of piperidine rings is 1. The third-order valence-corrected chi connectivity index (χ3v) is 3.46. The normalized spacial score (nSPS) is 21.5. The molecular formula is C12H23NO2. The minimum absolute atomic E-state index is 0.257. The maximum absolute atomic E-state index is 11.0. The highest BCUT2D eigenvalue weighted by Gasteiger charge is 2.27. The molecule has 0 aliphatic carbocycles. The van der Waals surface area contributed by atoms with Crippen LogP contribution in [0.15, 0.2) is 0 Å². The van der Waals surface area contributed by atoms with Gasteiger partial charge in [-0.1, -0.05) is 26.7 Å². The van der Waals surface area contributed by atoms with Gasteiger partial charge in [0.05, 0.1) is 0 Å². The molecule has 0 bridgehead atoms. The monoisotopic (exact) mass is 213 g/mol. The number of hydrogen-bond acceptors (Lipinski definition) is 2. The number of rotatable bonds is 5. The minimum atomic E-state index is -0.661. The van der Waals surface area contributed by atoms with Gasteiger partial charge in [-0.3, -0.25) is 9.69 Å². The molecule has 0 spiro atoms. The second kappa shape index (κ2) is 6.11. The Morgan fingerprint density at radius 3 is 2.40 bits per heavy atom. The molecule has 1 unspecified atom stereocenters. The summed E-state index contributed by atoms with van der Waals surface area (Å²) in [5, 5.41) is 9.05. The van der Waals surface area contributed by atoms with Crippen LogP contribution in [0.3, 0.4) is 0 Å². The quantitative estimate of drug-likeness (QED) is 0.762. The smallest absolute Gasteiger partial charge is 0.320 e. The maximum Gasteiger partial charge on any atom is 0.320 e. The van der Waals surface area contributed by atoms with Crippen molar-refractivity contribution in [2.75, 3.05) is 13.1 Å². The van der Waals surface area contributed by atoms with Gasteiger partial charge in [-0.15, -0.1) is 0 Å². The molecule has 1 saturated heterocycles. The van der Waals surface area contributed by atoms with Gasteiger partial charge >= 0.3 is 5.97 Å². The summed E-state index contributed by atoms with van der Waals surface area (Å²) in [5.41, 5.74) is 0. The lowest BCUT2D eigenvalue weighted by atomic mass is 9.91. The topological polar surface area (TPSA) is 40.5 Å². The SMILES string of the molecule is CCCC1CCN(C(CC)C(=O)O)CC1. The number of aliphatic carboxylic acids is 1. The van der Waals surface area contributed by atoms with E-state index < -0.39 is 5.97 Å². The van der Waals surface area contributed by atoms with Crippen molar-refractivity contribution in [3.63, 3.8) is 0 Å². The highest BCUT2D eigenvalue weighted by atomic mass is 16.4. The zero-order valence-corrected chi connectivity index (χ0v) is 9.91. The Balaban J connectivity index is 2.38. The van der Waals surface area contributed by atoms with Crippen LogP contribution in [0.5, 0.6) is 0 Å². The molecule has 3 heteroatoms. The van der Waals surface area contributed by atoms with Crippen LogP contribution in [0.4, 0.5) is 0 Å². The number of hydrogen-bond donors (Lipinski definition) is 1. The van der Waals surface area contributed by atoms with Crippen LogP contribution in [0, 0.1) is 5.92 Å². The van der Waals surface area contributed by atoms with Gasteiger partial charge in [0.15, 0.2) is 0 Å². The Morgan fingerprint density at radius 2 is 2.00 bits per heavy atom. The van der Waals surface area contributed by atoms with E-state index in [1.54, 1.807) is 0 Å². The third kappa shape index (κ3) is 3.49. The van der Waals surface area contributed by atoms with Gasteiger partial charge in [0.1, 0.15) is 6.04 Å². The zero-order chi connectivity index (χ0) is 11.3. The summed E-state index contributed by atoms with van der Waals surface area (Å²) in [4.78, 5) is 13.1. The Hall–Kier alpha value is -0.570. The lowest BCUT2D eigenvalue weighted by molar-refractivity contribution is -0.144. The van der Waals surface area contributed by atoms with E-state index in [0.29, 0.717) is 6.42 Å². The highest BCUT2D eigenvalue weighted by molar-refractivity contribution is 5.73. The summed E-state index contributed by atoms with van der Waals surface area (Å²) in [6.07, 6.45) is 5.63. The Bertz CT molecular complexity index is 198. The van der Waals surface area contributed by atoms with Gasteiger partial charge in [0, 0.05) is 0 Å². The number of likely N-dealkylation sites (tertiary alicyclic amines) is 1. The summed E-state index contributed by atoms with van der Waals surface area (Å²) in [6, 6.07) is -0.257. The molecule has 1 N–H and O–H groups in total. The van der Waals surface area contributed by atoms with Crippen molar-refractivity contribution in [1.82, 2.24) is 4.90 Å². The number of carbonyl (C=O) groups is 1. The molecule has 1 heterocycles. The van der Waals surface area contributed by atoms with E-state index in [2.05, 4.69) is 11.8 Å². The lowest BCUT2D eigenvalue weighted by Gasteiger charge is -2.35. The first-order chi connectivity index (χ1) is 7.19.